The van der Waals surface area contributed by atoms with Crippen molar-refractivity contribution in [1.82, 2.24) is 0 Å². The topological polar surface area (TPSA) is 52.3 Å². The Kier molecular flexibility index (Phi) is 3.65. The van der Waals surface area contributed by atoms with Gasteiger partial charge in [0.1, 0.15) is 5.75 Å². The van der Waals surface area contributed by atoms with Gasteiger partial charge in [-0.05, 0) is 55.0 Å². The van der Waals surface area contributed by atoms with Crippen LogP contribution < -0.4 is 10.5 Å². The van der Waals surface area contributed by atoms with Crippen molar-refractivity contribution in [2.75, 3.05) is 12.8 Å². The van der Waals surface area contributed by atoms with E-state index in [9.17, 15) is 4.79 Å². The summed E-state index contributed by atoms with van der Waals surface area (Å²) >= 11 is 0. The number of benzene rings is 2. The second-order valence-corrected chi connectivity index (χ2v) is 5.48. The number of rotatable bonds is 3. The maximum Gasteiger partial charge on any atom is 0.196 e. The predicted octanol–water partition coefficient (Wildman–Crippen LogP) is 3.39. The van der Waals surface area contributed by atoms with Crippen LogP contribution in [0.2, 0.25) is 0 Å². The smallest absolute Gasteiger partial charge is 0.196 e. The van der Waals surface area contributed by atoms with Crippen molar-refractivity contribution in [3.63, 3.8) is 0 Å². The van der Waals surface area contributed by atoms with Crippen LogP contribution in [0.4, 0.5) is 5.69 Å². The Hall–Kier alpha value is -2.29. The highest BCUT2D eigenvalue weighted by Crippen LogP contribution is 2.27. The van der Waals surface area contributed by atoms with E-state index in [0.29, 0.717) is 17.0 Å². The quantitative estimate of drug-likeness (QED) is 0.693. The number of carbonyl (C=O) groups excluding carboxylic acids is 1. The molecule has 21 heavy (non-hydrogen) atoms. The molecular weight excluding hydrogens is 262 g/mol. The fourth-order valence-corrected chi connectivity index (χ4v) is 2.93. The van der Waals surface area contributed by atoms with Crippen LogP contribution in [-0.4, -0.2) is 12.9 Å². The van der Waals surface area contributed by atoms with Gasteiger partial charge in [0.05, 0.1) is 12.7 Å². The highest BCUT2D eigenvalue weighted by molar-refractivity contribution is 6.11. The molecule has 0 spiro atoms. The van der Waals surface area contributed by atoms with Crippen LogP contribution in [0, 0.1) is 0 Å². The number of carbonyl (C=O) groups is 1. The third kappa shape index (κ3) is 2.64. The molecule has 0 fully saturated rings. The summed E-state index contributed by atoms with van der Waals surface area (Å²) in [7, 11) is 1.55. The first-order chi connectivity index (χ1) is 10.2. The molecule has 2 aromatic rings. The summed E-state index contributed by atoms with van der Waals surface area (Å²) in [5, 5.41) is 0. The van der Waals surface area contributed by atoms with Crippen molar-refractivity contribution in [3.05, 3.63) is 58.7 Å². The van der Waals surface area contributed by atoms with E-state index in [1.807, 2.05) is 12.1 Å². The van der Waals surface area contributed by atoms with Gasteiger partial charge in [0, 0.05) is 17.3 Å². The fourth-order valence-electron chi connectivity index (χ4n) is 2.93. The van der Waals surface area contributed by atoms with Gasteiger partial charge in [-0.3, -0.25) is 4.79 Å². The molecule has 1 aliphatic rings. The van der Waals surface area contributed by atoms with Crippen molar-refractivity contribution in [2.45, 2.75) is 25.7 Å². The van der Waals surface area contributed by atoms with Crippen LogP contribution in [0.5, 0.6) is 5.75 Å². The van der Waals surface area contributed by atoms with Crippen LogP contribution in [0.25, 0.3) is 0 Å². The number of nitrogen functional groups attached to an aromatic ring is 1. The van der Waals surface area contributed by atoms with E-state index in [0.717, 1.165) is 18.4 Å². The summed E-state index contributed by atoms with van der Waals surface area (Å²) in [6, 6.07) is 11.2. The predicted molar refractivity (Wildman–Crippen MR) is 83.9 cm³/mol. The highest BCUT2D eigenvalue weighted by atomic mass is 16.5. The maximum absolute atomic E-state index is 12.7. The average Bonchev–Trinajstić information content (AvgIpc) is 2.53. The van der Waals surface area contributed by atoms with E-state index in [1.165, 1.54) is 24.0 Å². The molecule has 0 radical (unpaired) electrons. The van der Waals surface area contributed by atoms with E-state index in [2.05, 4.69) is 6.07 Å². The van der Waals surface area contributed by atoms with Crippen LogP contribution in [0.15, 0.2) is 36.4 Å². The molecule has 0 saturated heterocycles. The van der Waals surface area contributed by atoms with Gasteiger partial charge in [-0.2, -0.15) is 0 Å². The molecule has 0 saturated carbocycles. The second kappa shape index (κ2) is 5.60. The lowest BCUT2D eigenvalue weighted by molar-refractivity contribution is 0.103. The lowest BCUT2D eigenvalue weighted by Gasteiger charge is -2.16. The number of hydrogen-bond acceptors (Lipinski definition) is 3. The van der Waals surface area contributed by atoms with Gasteiger partial charge in [0.25, 0.3) is 0 Å². The molecular formula is C18H19NO2. The Morgan fingerprint density at radius 2 is 1.81 bits per heavy atom. The minimum absolute atomic E-state index is 0.0137. The first-order valence-electron chi connectivity index (χ1n) is 7.29. The lowest BCUT2D eigenvalue weighted by atomic mass is 9.89. The van der Waals surface area contributed by atoms with E-state index in [1.54, 1.807) is 25.3 Å². The van der Waals surface area contributed by atoms with Crippen LogP contribution in [0.1, 0.15) is 39.9 Å². The maximum atomic E-state index is 12.7. The number of hydrogen-bond donors (Lipinski definition) is 1. The molecule has 0 heterocycles. The molecule has 2 aromatic carbocycles. The minimum atomic E-state index is -0.0137. The Labute approximate surface area is 124 Å². The monoisotopic (exact) mass is 281 g/mol. The normalized spacial score (nSPS) is 13.6. The summed E-state index contributed by atoms with van der Waals surface area (Å²) in [4.78, 5) is 12.7. The zero-order valence-corrected chi connectivity index (χ0v) is 12.2. The zero-order valence-electron chi connectivity index (χ0n) is 12.2. The van der Waals surface area contributed by atoms with Crippen LogP contribution in [-0.2, 0) is 12.8 Å². The summed E-state index contributed by atoms with van der Waals surface area (Å²) in [5.74, 6) is 0.512. The van der Waals surface area contributed by atoms with Gasteiger partial charge in [-0.15, -0.1) is 0 Å². The zero-order chi connectivity index (χ0) is 14.8. The summed E-state index contributed by atoms with van der Waals surface area (Å²) in [5.41, 5.74) is 10.3. The highest BCUT2D eigenvalue weighted by Gasteiger charge is 2.17. The average molecular weight is 281 g/mol. The standard InChI is InChI=1S/C18H19NO2/c1-21-17-11-15(19)8-9-16(17)18(20)14-7-6-12-4-2-3-5-13(12)10-14/h6-11H,2-5,19H2,1H3. The number of nitrogens with two attached hydrogens (primary N) is 1. The molecule has 0 amide bonds. The molecule has 0 bridgehead atoms. The molecule has 0 aromatic heterocycles. The SMILES string of the molecule is COc1cc(N)ccc1C(=O)c1ccc2c(c1)CCCC2. The van der Waals surface area contributed by atoms with Crippen LogP contribution in [0.3, 0.4) is 0 Å². The molecule has 1 aliphatic carbocycles. The molecule has 0 aliphatic heterocycles. The molecule has 0 atom stereocenters. The van der Waals surface area contributed by atoms with Gasteiger partial charge in [0.2, 0.25) is 0 Å². The largest absolute Gasteiger partial charge is 0.496 e. The Balaban J connectivity index is 1.99. The van der Waals surface area contributed by atoms with Crippen molar-refractivity contribution < 1.29 is 9.53 Å². The summed E-state index contributed by atoms with van der Waals surface area (Å²) in [6.07, 6.45) is 4.63. The van der Waals surface area contributed by atoms with Crippen molar-refractivity contribution >= 4 is 11.5 Å². The third-order valence-electron chi connectivity index (χ3n) is 4.08. The number of ether oxygens (including phenoxy) is 1. The molecule has 3 heteroatoms. The van der Waals surface area contributed by atoms with Gasteiger partial charge >= 0.3 is 0 Å². The molecule has 3 nitrogen and oxygen atoms in total. The van der Waals surface area contributed by atoms with Crippen molar-refractivity contribution in [1.29, 1.82) is 0 Å². The summed E-state index contributed by atoms with van der Waals surface area (Å²) < 4.78 is 5.28. The summed E-state index contributed by atoms with van der Waals surface area (Å²) in [6.45, 7) is 0. The van der Waals surface area contributed by atoms with E-state index >= 15 is 0 Å². The molecule has 108 valence electrons. The van der Waals surface area contributed by atoms with Gasteiger partial charge in [0.15, 0.2) is 5.78 Å². The number of aryl methyl sites for hydroxylation is 2. The first-order valence-corrected chi connectivity index (χ1v) is 7.29. The van der Waals surface area contributed by atoms with Gasteiger partial charge in [-0.1, -0.05) is 12.1 Å². The number of methoxy groups -OCH3 is 1. The van der Waals surface area contributed by atoms with Crippen molar-refractivity contribution in [2.24, 2.45) is 0 Å². The van der Waals surface area contributed by atoms with E-state index < -0.39 is 0 Å². The molecule has 0 unspecified atom stereocenters. The van der Waals surface area contributed by atoms with E-state index in [4.69, 9.17) is 10.5 Å². The Morgan fingerprint density at radius 1 is 1.05 bits per heavy atom. The molecule has 3 rings (SSSR count). The lowest BCUT2D eigenvalue weighted by Crippen LogP contribution is -2.08. The second-order valence-electron chi connectivity index (χ2n) is 5.48. The van der Waals surface area contributed by atoms with E-state index in [-0.39, 0.29) is 5.78 Å². The number of ketones is 1. The fraction of sp³-hybridized carbons (Fsp3) is 0.278. The molecule has 2 N–H and O–H groups in total. The van der Waals surface area contributed by atoms with Crippen molar-refractivity contribution in [3.8, 4) is 5.75 Å². The Morgan fingerprint density at radius 3 is 2.57 bits per heavy atom. The van der Waals surface area contributed by atoms with Gasteiger partial charge in [-0.25, -0.2) is 0 Å². The van der Waals surface area contributed by atoms with Crippen LogP contribution >= 0.6 is 0 Å². The first kappa shape index (κ1) is 13.7. The number of anilines is 1. The third-order valence-corrected chi connectivity index (χ3v) is 4.08. The number of fused-ring (bicyclic) bond motifs is 1. The minimum Gasteiger partial charge on any atom is -0.496 e. The van der Waals surface area contributed by atoms with Gasteiger partial charge < -0.3 is 10.5 Å². The Bertz CT molecular complexity index is 692.